The van der Waals surface area contributed by atoms with Crippen molar-refractivity contribution in [3.63, 3.8) is 0 Å². The van der Waals surface area contributed by atoms with Gasteiger partial charge >= 0.3 is 0 Å². The number of aryl methyl sites for hydroxylation is 1. The van der Waals surface area contributed by atoms with E-state index in [-0.39, 0.29) is 23.7 Å². The van der Waals surface area contributed by atoms with Gasteiger partial charge in [0, 0.05) is 32.4 Å². The van der Waals surface area contributed by atoms with Crippen LogP contribution in [0, 0.1) is 12.7 Å². The predicted molar refractivity (Wildman–Crippen MR) is 112 cm³/mol. The van der Waals surface area contributed by atoms with Gasteiger partial charge in [-0.15, -0.1) is 10.2 Å². The Morgan fingerprint density at radius 3 is 2.32 bits per heavy atom. The van der Waals surface area contributed by atoms with Gasteiger partial charge < -0.3 is 9.64 Å². The van der Waals surface area contributed by atoms with Gasteiger partial charge in [0.05, 0.1) is 17.2 Å². The largest absolute Gasteiger partial charge is 0.491 e. The minimum Gasteiger partial charge on any atom is -0.491 e. The number of hydrogen-bond acceptors (Lipinski definition) is 7. The minimum atomic E-state index is -3.80. The van der Waals surface area contributed by atoms with Crippen LogP contribution in [-0.2, 0) is 10.0 Å². The van der Waals surface area contributed by atoms with Crippen molar-refractivity contribution >= 4 is 15.8 Å². The van der Waals surface area contributed by atoms with Gasteiger partial charge in [-0.2, -0.15) is 9.40 Å². The van der Waals surface area contributed by atoms with E-state index < -0.39 is 15.8 Å². The fourth-order valence-electron chi connectivity index (χ4n) is 3.37. The van der Waals surface area contributed by atoms with Crippen molar-refractivity contribution in [2.75, 3.05) is 37.7 Å². The highest BCUT2D eigenvalue weighted by Crippen LogP contribution is 2.25. The highest BCUT2D eigenvalue weighted by molar-refractivity contribution is 7.89. The molecule has 9 nitrogen and oxygen atoms in total. The van der Waals surface area contributed by atoms with Crippen LogP contribution in [0.25, 0.3) is 5.82 Å². The molecule has 164 valence electrons. The maximum absolute atomic E-state index is 14.1. The lowest BCUT2D eigenvalue weighted by Gasteiger charge is -2.34. The summed E-state index contributed by atoms with van der Waals surface area (Å²) >= 11 is 0. The SMILES string of the molecule is CCOc1ccc(S(=O)(=O)N2CCN(c3ccc(-n4ccc(C)n4)nn3)CC2)cc1F. The Balaban J connectivity index is 1.42. The quantitative estimate of drug-likeness (QED) is 0.572. The number of rotatable bonds is 6. The van der Waals surface area contributed by atoms with E-state index >= 15 is 0 Å². The minimum absolute atomic E-state index is 0.0403. The van der Waals surface area contributed by atoms with Gasteiger partial charge in [0.25, 0.3) is 0 Å². The molecule has 1 fully saturated rings. The molecule has 3 heterocycles. The highest BCUT2D eigenvalue weighted by Gasteiger charge is 2.29. The number of aromatic nitrogens is 4. The van der Waals surface area contributed by atoms with E-state index in [1.54, 1.807) is 11.6 Å². The Morgan fingerprint density at radius 1 is 1.03 bits per heavy atom. The standard InChI is InChI=1S/C20H23FN6O3S/c1-3-30-18-5-4-16(14-17(18)21)31(28,29)26-12-10-25(11-13-26)19-6-7-20(23-22-19)27-9-8-15(2)24-27/h4-9,14H,3,10-13H2,1-2H3. The van der Waals surface area contributed by atoms with Crippen LogP contribution in [0.15, 0.2) is 47.5 Å². The van der Waals surface area contributed by atoms with Crippen LogP contribution in [0.5, 0.6) is 5.75 Å². The molecule has 1 saturated heterocycles. The van der Waals surface area contributed by atoms with Gasteiger partial charge in [-0.25, -0.2) is 17.5 Å². The van der Waals surface area contributed by atoms with Crippen molar-refractivity contribution in [3.8, 4) is 11.6 Å². The molecule has 0 atom stereocenters. The maximum atomic E-state index is 14.1. The summed E-state index contributed by atoms with van der Waals surface area (Å²) in [5, 5.41) is 12.8. The highest BCUT2D eigenvalue weighted by atomic mass is 32.2. The number of ether oxygens (including phenoxy) is 1. The molecule has 1 aliphatic heterocycles. The van der Waals surface area contributed by atoms with Crippen molar-refractivity contribution in [1.82, 2.24) is 24.3 Å². The number of piperazine rings is 1. The molecular formula is C20H23FN6O3S. The van der Waals surface area contributed by atoms with Crippen molar-refractivity contribution in [2.24, 2.45) is 0 Å². The number of hydrogen-bond donors (Lipinski definition) is 0. The lowest BCUT2D eigenvalue weighted by molar-refractivity contribution is 0.321. The lowest BCUT2D eigenvalue weighted by atomic mass is 10.3. The molecule has 0 unspecified atom stereocenters. The zero-order valence-corrected chi connectivity index (χ0v) is 18.1. The molecule has 0 N–H and O–H groups in total. The van der Waals surface area contributed by atoms with Crippen molar-refractivity contribution < 1.29 is 17.5 Å². The van der Waals surface area contributed by atoms with E-state index in [1.807, 2.05) is 36.2 Å². The second-order valence-electron chi connectivity index (χ2n) is 7.07. The summed E-state index contributed by atoms with van der Waals surface area (Å²) in [6.45, 7) is 5.36. The summed E-state index contributed by atoms with van der Waals surface area (Å²) in [6.07, 6.45) is 1.81. The van der Waals surface area contributed by atoms with E-state index in [9.17, 15) is 12.8 Å². The molecule has 0 bridgehead atoms. The predicted octanol–water partition coefficient (Wildman–Crippen LogP) is 2.02. The molecule has 11 heteroatoms. The Bertz CT molecular complexity index is 1160. The summed E-state index contributed by atoms with van der Waals surface area (Å²) in [6, 6.07) is 9.27. The molecule has 0 saturated carbocycles. The van der Waals surface area contributed by atoms with Gasteiger partial charge in [-0.1, -0.05) is 0 Å². The first-order chi connectivity index (χ1) is 14.9. The molecule has 0 aliphatic carbocycles. The van der Waals surface area contributed by atoms with E-state index in [4.69, 9.17) is 4.74 Å². The Morgan fingerprint density at radius 2 is 1.74 bits per heavy atom. The average Bonchev–Trinajstić information content (AvgIpc) is 3.22. The van der Waals surface area contributed by atoms with Crippen LogP contribution in [0.1, 0.15) is 12.6 Å². The van der Waals surface area contributed by atoms with E-state index in [2.05, 4.69) is 15.3 Å². The normalized spacial score (nSPS) is 15.3. The summed E-state index contributed by atoms with van der Waals surface area (Å²) in [4.78, 5) is 1.89. The van der Waals surface area contributed by atoms with Crippen LogP contribution in [-0.4, -0.2) is 65.5 Å². The Hall–Kier alpha value is -3.05. The summed E-state index contributed by atoms with van der Waals surface area (Å²) in [5.41, 5.74) is 0.885. The zero-order valence-electron chi connectivity index (χ0n) is 17.3. The molecule has 1 aromatic carbocycles. The Labute approximate surface area is 180 Å². The van der Waals surface area contributed by atoms with Gasteiger partial charge in [0.2, 0.25) is 10.0 Å². The number of nitrogens with zero attached hydrogens (tertiary/aromatic N) is 6. The summed E-state index contributed by atoms with van der Waals surface area (Å²) < 4.78 is 48.1. The van der Waals surface area contributed by atoms with E-state index in [0.29, 0.717) is 31.3 Å². The maximum Gasteiger partial charge on any atom is 0.243 e. The third-order valence-corrected chi connectivity index (χ3v) is 6.89. The number of anilines is 1. The van der Waals surface area contributed by atoms with Crippen molar-refractivity contribution in [2.45, 2.75) is 18.7 Å². The molecule has 4 rings (SSSR count). The number of benzene rings is 1. The summed E-state index contributed by atoms with van der Waals surface area (Å²) in [5.74, 6) is 0.621. The second kappa shape index (κ2) is 8.60. The third kappa shape index (κ3) is 4.37. The summed E-state index contributed by atoms with van der Waals surface area (Å²) in [7, 11) is -3.80. The van der Waals surface area contributed by atoms with Crippen LogP contribution < -0.4 is 9.64 Å². The van der Waals surface area contributed by atoms with Crippen LogP contribution >= 0.6 is 0 Å². The molecule has 2 aromatic heterocycles. The molecular weight excluding hydrogens is 423 g/mol. The van der Waals surface area contributed by atoms with Crippen LogP contribution in [0.2, 0.25) is 0 Å². The van der Waals surface area contributed by atoms with Crippen molar-refractivity contribution in [1.29, 1.82) is 0 Å². The Kier molecular flexibility index (Phi) is 5.88. The monoisotopic (exact) mass is 446 g/mol. The van der Waals surface area contributed by atoms with Gasteiger partial charge in [0.15, 0.2) is 23.2 Å². The lowest BCUT2D eigenvalue weighted by Crippen LogP contribution is -2.49. The number of sulfonamides is 1. The molecule has 0 spiro atoms. The molecule has 31 heavy (non-hydrogen) atoms. The van der Waals surface area contributed by atoms with Gasteiger partial charge in [-0.3, -0.25) is 0 Å². The second-order valence-corrected chi connectivity index (χ2v) is 9.01. The molecule has 3 aromatic rings. The smallest absolute Gasteiger partial charge is 0.243 e. The first-order valence-electron chi connectivity index (χ1n) is 9.92. The molecule has 1 aliphatic rings. The fourth-order valence-corrected chi connectivity index (χ4v) is 4.81. The topological polar surface area (TPSA) is 93.5 Å². The van der Waals surface area contributed by atoms with Crippen molar-refractivity contribution in [3.05, 3.63) is 54.1 Å². The van der Waals surface area contributed by atoms with Gasteiger partial charge in [-0.05, 0) is 50.2 Å². The van der Waals surface area contributed by atoms with Gasteiger partial charge in [0.1, 0.15) is 0 Å². The van der Waals surface area contributed by atoms with E-state index in [0.717, 1.165) is 11.8 Å². The first-order valence-corrected chi connectivity index (χ1v) is 11.4. The van der Waals surface area contributed by atoms with Crippen LogP contribution in [0.3, 0.4) is 0 Å². The first kappa shape index (κ1) is 21.2. The zero-order chi connectivity index (χ0) is 22.0. The fraction of sp³-hybridized carbons (Fsp3) is 0.350. The molecule has 0 amide bonds. The average molecular weight is 447 g/mol. The van der Waals surface area contributed by atoms with Crippen LogP contribution in [0.4, 0.5) is 10.2 Å². The molecule has 0 radical (unpaired) electrons. The number of halogens is 1. The van der Waals surface area contributed by atoms with E-state index in [1.165, 1.54) is 16.4 Å². The third-order valence-electron chi connectivity index (χ3n) is 5.00.